The van der Waals surface area contributed by atoms with Gasteiger partial charge in [-0.1, -0.05) is 32.9 Å². The number of carbonyl (C=O) groups is 1. The highest BCUT2D eigenvalue weighted by molar-refractivity contribution is 5.78. The van der Waals surface area contributed by atoms with Crippen LogP contribution in [-0.4, -0.2) is 16.8 Å². The Hall–Kier alpha value is -1.51. The largest absolute Gasteiger partial charge is 0.467 e. The van der Waals surface area contributed by atoms with E-state index in [-0.39, 0.29) is 11.9 Å². The molecule has 1 heterocycles. The van der Waals surface area contributed by atoms with Crippen LogP contribution in [0.4, 0.5) is 0 Å². The van der Waals surface area contributed by atoms with Crippen molar-refractivity contribution in [2.75, 3.05) is 0 Å². The topological polar surface area (TPSA) is 33.5 Å². The second-order valence-electron chi connectivity index (χ2n) is 5.17. The Morgan fingerprint density at radius 3 is 2.63 bits per heavy atom. The van der Waals surface area contributed by atoms with Gasteiger partial charge in [0.05, 0.1) is 12.8 Å². The predicted molar refractivity (Wildman–Crippen MR) is 77.6 cm³/mol. The van der Waals surface area contributed by atoms with Gasteiger partial charge in [0.1, 0.15) is 5.76 Å². The minimum Gasteiger partial charge on any atom is -0.467 e. The third-order valence-corrected chi connectivity index (χ3v) is 3.38. The minimum atomic E-state index is 0.155. The Kier molecular flexibility index (Phi) is 6.40. The smallest absolute Gasteiger partial charge is 0.227 e. The summed E-state index contributed by atoms with van der Waals surface area (Å²) < 4.78 is 5.36. The molecule has 0 bridgehead atoms. The minimum absolute atomic E-state index is 0.155. The lowest BCUT2D eigenvalue weighted by Crippen LogP contribution is -2.40. The van der Waals surface area contributed by atoms with E-state index in [0.717, 1.165) is 12.2 Å². The molecule has 0 saturated heterocycles. The first-order chi connectivity index (χ1) is 9.06. The number of rotatable bonds is 7. The molecule has 19 heavy (non-hydrogen) atoms. The number of amides is 1. The summed E-state index contributed by atoms with van der Waals surface area (Å²) >= 11 is 0. The summed E-state index contributed by atoms with van der Waals surface area (Å²) in [5.74, 6) is 1.41. The number of nitrogens with zero attached hydrogens (tertiary/aromatic N) is 1. The maximum Gasteiger partial charge on any atom is 0.227 e. The van der Waals surface area contributed by atoms with E-state index in [4.69, 9.17) is 4.42 Å². The maximum atomic E-state index is 12.3. The molecule has 1 aromatic heterocycles. The predicted octanol–water partition coefficient (Wildman–Crippen LogP) is 4.01. The SMILES string of the molecule is CC/C=C/CC(=O)N(Cc1ccco1)C(C)C(C)C. The van der Waals surface area contributed by atoms with Crippen molar-refractivity contribution in [2.24, 2.45) is 5.92 Å². The molecule has 0 radical (unpaired) electrons. The molecule has 0 aliphatic carbocycles. The van der Waals surface area contributed by atoms with Gasteiger partial charge >= 0.3 is 0 Å². The molecule has 1 atom stereocenters. The van der Waals surface area contributed by atoms with E-state index >= 15 is 0 Å². The fraction of sp³-hybridized carbons (Fsp3) is 0.562. The third kappa shape index (κ3) is 4.93. The Morgan fingerprint density at radius 1 is 1.37 bits per heavy atom. The van der Waals surface area contributed by atoms with Gasteiger partial charge in [0, 0.05) is 12.5 Å². The molecule has 1 aromatic rings. The van der Waals surface area contributed by atoms with Gasteiger partial charge in [-0.15, -0.1) is 0 Å². The molecular weight excluding hydrogens is 238 g/mol. The van der Waals surface area contributed by atoms with Crippen molar-refractivity contribution in [1.82, 2.24) is 4.90 Å². The molecule has 0 fully saturated rings. The van der Waals surface area contributed by atoms with Gasteiger partial charge in [-0.05, 0) is 31.4 Å². The van der Waals surface area contributed by atoms with E-state index in [1.807, 2.05) is 29.2 Å². The van der Waals surface area contributed by atoms with Crippen molar-refractivity contribution in [1.29, 1.82) is 0 Å². The number of carbonyl (C=O) groups excluding carboxylic acids is 1. The Balaban J connectivity index is 2.73. The zero-order valence-electron chi connectivity index (χ0n) is 12.4. The zero-order valence-corrected chi connectivity index (χ0v) is 12.4. The molecule has 0 N–H and O–H groups in total. The van der Waals surface area contributed by atoms with Crippen molar-refractivity contribution in [2.45, 2.75) is 53.1 Å². The quantitative estimate of drug-likeness (QED) is 0.696. The molecular formula is C16H25NO2. The molecule has 106 valence electrons. The summed E-state index contributed by atoms with van der Waals surface area (Å²) in [5, 5.41) is 0. The van der Waals surface area contributed by atoms with Gasteiger partial charge in [0.2, 0.25) is 5.91 Å². The summed E-state index contributed by atoms with van der Waals surface area (Å²) in [7, 11) is 0. The van der Waals surface area contributed by atoms with Crippen LogP contribution in [0.15, 0.2) is 35.0 Å². The summed E-state index contributed by atoms with van der Waals surface area (Å²) in [4.78, 5) is 14.2. The van der Waals surface area contributed by atoms with E-state index in [2.05, 4.69) is 27.7 Å². The first-order valence-corrected chi connectivity index (χ1v) is 7.03. The first kappa shape index (κ1) is 15.5. The lowest BCUT2D eigenvalue weighted by Gasteiger charge is -2.31. The molecule has 0 spiro atoms. The van der Waals surface area contributed by atoms with Crippen LogP contribution in [0.1, 0.15) is 46.3 Å². The van der Waals surface area contributed by atoms with Gasteiger partial charge in [-0.2, -0.15) is 0 Å². The van der Waals surface area contributed by atoms with E-state index in [1.54, 1.807) is 6.26 Å². The van der Waals surface area contributed by atoms with Gasteiger partial charge in [-0.25, -0.2) is 0 Å². The molecule has 3 nitrogen and oxygen atoms in total. The van der Waals surface area contributed by atoms with Crippen molar-refractivity contribution in [3.05, 3.63) is 36.3 Å². The lowest BCUT2D eigenvalue weighted by molar-refractivity contribution is -0.134. The van der Waals surface area contributed by atoms with Crippen LogP contribution in [0.5, 0.6) is 0 Å². The first-order valence-electron chi connectivity index (χ1n) is 7.03. The highest BCUT2D eigenvalue weighted by atomic mass is 16.3. The highest BCUT2D eigenvalue weighted by Crippen LogP contribution is 2.16. The molecule has 1 unspecified atom stereocenters. The molecule has 0 saturated carbocycles. The summed E-state index contributed by atoms with van der Waals surface area (Å²) in [6.45, 7) is 8.97. The van der Waals surface area contributed by atoms with Crippen LogP contribution in [0.2, 0.25) is 0 Å². The molecule has 3 heteroatoms. The van der Waals surface area contributed by atoms with Crippen LogP contribution in [-0.2, 0) is 11.3 Å². The van der Waals surface area contributed by atoms with Crippen molar-refractivity contribution in [3.8, 4) is 0 Å². The average molecular weight is 263 g/mol. The van der Waals surface area contributed by atoms with Crippen LogP contribution >= 0.6 is 0 Å². The number of hydrogen-bond donors (Lipinski definition) is 0. The molecule has 1 amide bonds. The normalized spacial score (nSPS) is 13.1. The average Bonchev–Trinajstić information content (AvgIpc) is 2.88. The monoisotopic (exact) mass is 263 g/mol. The number of hydrogen-bond acceptors (Lipinski definition) is 2. The fourth-order valence-corrected chi connectivity index (χ4v) is 1.86. The Labute approximate surface area is 116 Å². The van der Waals surface area contributed by atoms with E-state index in [9.17, 15) is 4.79 Å². The van der Waals surface area contributed by atoms with Crippen molar-refractivity contribution in [3.63, 3.8) is 0 Å². The van der Waals surface area contributed by atoms with Crippen LogP contribution in [0, 0.1) is 5.92 Å². The number of furan rings is 1. The highest BCUT2D eigenvalue weighted by Gasteiger charge is 2.22. The van der Waals surface area contributed by atoms with E-state index in [0.29, 0.717) is 18.9 Å². The molecule has 0 aromatic carbocycles. The standard InChI is InChI=1S/C16H25NO2/c1-5-6-7-10-16(18)17(14(4)13(2)3)12-15-9-8-11-19-15/h6-9,11,13-14H,5,10,12H2,1-4H3/b7-6+. The fourth-order valence-electron chi connectivity index (χ4n) is 1.86. The second-order valence-corrected chi connectivity index (χ2v) is 5.17. The van der Waals surface area contributed by atoms with Crippen LogP contribution in [0.3, 0.4) is 0 Å². The summed E-state index contributed by atoms with van der Waals surface area (Å²) in [5.41, 5.74) is 0. The Morgan fingerprint density at radius 2 is 2.11 bits per heavy atom. The lowest BCUT2D eigenvalue weighted by atomic mass is 10.0. The van der Waals surface area contributed by atoms with Gasteiger partial charge in [-0.3, -0.25) is 4.79 Å². The number of allylic oxidation sites excluding steroid dienone is 1. The van der Waals surface area contributed by atoms with E-state index < -0.39 is 0 Å². The Bertz CT molecular complexity index is 393. The van der Waals surface area contributed by atoms with Crippen molar-refractivity contribution >= 4 is 5.91 Å². The second kappa shape index (κ2) is 7.82. The third-order valence-electron chi connectivity index (χ3n) is 3.38. The molecule has 0 aliphatic rings. The van der Waals surface area contributed by atoms with Crippen LogP contribution in [0.25, 0.3) is 0 Å². The molecule has 0 aliphatic heterocycles. The summed E-state index contributed by atoms with van der Waals surface area (Å²) in [6.07, 6.45) is 7.05. The molecule has 1 rings (SSSR count). The van der Waals surface area contributed by atoms with Crippen LogP contribution < -0.4 is 0 Å². The maximum absolute atomic E-state index is 12.3. The van der Waals surface area contributed by atoms with Gasteiger partial charge < -0.3 is 9.32 Å². The van der Waals surface area contributed by atoms with Gasteiger partial charge in [0.15, 0.2) is 0 Å². The van der Waals surface area contributed by atoms with Gasteiger partial charge in [0.25, 0.3) is 0 Å². The van der Waals surface area contributed by atoms with Crippen molar-refractivity contribution < 1.29 is 9.21 Å². The zero-order chi connectivity index (χ0) is 14.3. The summed E-state index contributed by atoms with van der Waals surface area (Å²) in [6, 6.07) is 3.97. The van der Waals surface area contributed by atoms with E-state index in [1.165, 1.54) is 0 Å².